The normalized spacial score (nSPS) is 31.8. The van der Waals surface area contributed by atoms with E-state index in [9.17, 15) is 8.78 Å². The molecule has 0 aromatic heterocycles. The molecule has 1 aliphatic heterocycles. The largest absolute Gasteiger partial charge is 0.420 e. The Morgan fingerprint density at radius 3 is 1.10 bits per heavy atom. The lowest BCUT2D eigenvalue weighted by molar-refractivity contribution is 0.234. The van der Waals surface area contributed by atoms with E-state index in [0.29, 0.717) is 0 Å². The Hall–Kier alpha value is 0.134. The summed E-state index contributed by atoms with van der Waals surface area (Å²) in [5.41, 5.74) is -3.50. The summed E-state index contributed by atoms with van der Waals surface area (Å²) in [6.45, 7) is 0. The van der Waals surface area contributed by atoms with Gasteiger partial charge in [-0.2, -0.15) is 0 Å². The first kappa shape index (κ1) is 8.23. The van der Waals surface area contributed by atoms with E-state index >= 15 is 0 Å². The summed E-state index contributed by atoms with van der Waals surface area (Å²) in [5.74, 6) is 0. The Bertz CT molecular complexity index is 131. The first-order chi connectivity index (χ1) is 4.31. The Kier molecular flexibility index (Phi) is 1.51. The zero-order chi connectivity index (χ0) is 8.15. The van der Waals surface area contributed by atoms with Gasteiger partial charge < -0.3 is 19.2 Å². The van der Waals surface area contributed by atoms with Gasteiger partial charge in [-0.05, 0) is 0 Å². The van der Waals surface area contributed by atoms with Gasteiger partial charge in [-0.3, -0.25) is 0 Å². The second-order valence-corrected chi connectivity index (χ2v) is 7.42. The van der Waals surface area contributed by atoms with E-state index in [0.717, 1.165) is 0 Å². The van der Waals surface area contributed by atoms with Crippen molar-refractivity contribution in [2.75, 3.05) is 0 Å². The van der Waals surface area contributed by atoms with E-state index in [1.807, 2.05) is 0 Å². The molecule has 4 nitrogen and oxygen atoms in total. The van der Waals surface area contributed by atoms with Crippen LogP contribution >= 0.6 is 0 Å². The predicted octanol–water partition coefficient (Wildman–Crippen LogP) is -1.99. The Morgan fingerprint density at radius 1 is 0.800 bits per heavy atom. The summed E-state index contributed by atoms with van der Waals surface area (Å²) < 4.78 is 24.2. The minimum atomic E-state index is -4.73. The maximum atomic E-state index is 12.1. The minimum absolute atomic E-state index is 1.75. The van der Waals surface area contributed by atoms with Crippen molar-refractivity contribution >= 4 is 17.1 Å². The van der Waals surface area contributed by atoms with Crippen LogP contribution in [0, 0.1) is 10.8 Å². The van der Waals surface area contributed by atoms with Gasteiger partial charge in [0.15, 0.2) is 0 Å². The van der Waals surface area contributed by atoms with Crippen LogP contribution in [0.25, 0.3) is 0 Å². The molecule has 10 heavy (non-hydrogen) atoms. The second-order valence-electron chi connectivity index (χ2n) is 1.97. The molecule has 0 atom stereocenters. The van der Waals surface area contributed by atoms with Crippen LogP contribution in [0.4, 0.5) is 8.78 Å². The standard InChI is InChI=1S/C2H4F2O4Si2/c3-1-9(5,6)2(4)10(1,7)8/h5-8H. The molecule has 0 aliphatic carbocycles. The van der Waals surface area contributed by atoms with E-state index in [-0.39, 0.29) is 0 Å². The van der Waals surface area contributed by atoms with Gasteiger partial charge in [-0.15, -0.1) is 0 Å². The monoisotopic (exact) mass is 186 g/mol. The van der Waals surface area contributed by atoms with Crippen molar-refractivity contribution < 1.29 is 28.0 Å². The van der Waals surface area contributed by atoms with Crippen LogP contribution in [0.3, 0.4) is 0 Å². The SMILES string of the molecule is O[Si]1(O)[C](F)[Si](O)(O)[C]1F. The third-order valence-corrected chi connectivity index (χ3v) is 7.86. The van der Waals surface area contributed by atoms with Gasteiger partial charge in [0.25, 0.3) is 0 Å². The topological polar surface area (TPSA) is 80.9 Å². The summed E-state index contributed by atoms with van der Waals surface area (Å²) >= 11 is 0. The predicted molar refractivity (Wildman–Crippen MR) is 29.1 cm³/mol. The number of halogens is 2. The molecule has 1 aliphatic rings. The van der Waals surface area contributed by atoms with E-state index in [1.54, 1.807) is 0 Å². The molecule has 0 amide bonds. The van der Waals surface area contributed by atoms with Crippen molar-refractivity contribution in [3.05, 3.63) is 10.8 Å². The fourth-order valence-corrected chi connectivity index (χ4v) is 5.33. The van der Waals surface area contributed by atoms with E-state index in [4.69, 9.17) is 19.2 Å². The Balaban J connectivity index is 2.78. The van der Waals surface area contributed by atoms with Crippen LogP contribution in [0.15, 0.2) is 0 Å². The fraction of sp³-hybridized carbons (Fsp3) is 0. The van der Waals surface area contributed by atoms with E-state index in [2.05, 4.69) is 0 Å². The van der Waals surface area contributed by atoms with Gasteiger partial charge in [0, 0.05) is 0 Å². The van der Waals surface area contributed by atoms with Gasteiger partial charge in [-0.25, -0.2) is 8.78 Å². The van der Waals surface area contributed by atoms with Gasteiger partial charge in [0.05, 0.1) is 0 Å². The van der Waals surface area contributed by atoms with E-state index in [1.165, 1.54) is 0 Å². The molecule has 0 saturated carbocycles. The van der Waals surface area contributed by atoms with Crippen LogP contribution in [0.2, 0.25) is 0 Å². The molecular weight excluding hydrogens is 182 g/mol. The molecule has 0 aromatic rings. The Morgan fingerprint density at radius 2 is 1.00 bits per heavy atom. The van der Waals surface area contributed by atoms with Gasteiger partial charge in [0.2, 0.25) is 10.8 Å². The van der Waals surface area contributed by atoms with Gasteiger partial charge >= 0.3 is 17.1 Å². The molecule has 8 heteroatoms. The molecule has 1 saturated heterocycles. The summed E-state index contributed by atoms with van der Waals surface area (Å²) in [4.78, 5) is 33.5. The zero-order valence-corrected chi connectivity index (χ0v) is 6.54. The first-order valence-corrected chi connectivity index (χ1v) is 6.06. The Labute approximate surface area is 56.9 Å². The second kappa shape index (κ2) is 1.84. The van der Waals surface area contributed by atoms with Crippen molar-refractivity contribution in [2.24, 2.45) is 0 Å². The molecule has 0 unspecified atom stereocenters. The molecule has 1 rings (SSSR count). The highest BCUT2D eigenvalue weighted by Gasteiger charge is 2.82. The molecule has 1 heterocycles. The molecule has 0 aromatic carbocycles. The highest BCUT2D eigenvalue weighted by Crippen LogP contribution is 2.47. The number of hydrogen-bond donors (Lipinski definition) is 4. The molecule has 0 spiro atoms. The summed E-state index contributed by atoms with van der Waals surface area (Å²) in [6.07, 6.45) is 0. The highest BCUT2D eigenvalue weighted by molar-refractivity contribution is 7.14. The molecule has 4 N–H and O–H groups in total. The van der Waals surface area contributed by atoms with Gasteiger partial charge in [-0.1, -0.05) is 0 Å². The fourth-order valence-electron chi connectivity index (χ4n) is 0.616. The molecule has 0 bridgehead atoms. The maximum absolute atomic E-state index is 12.1. The molecule has 1 fully saturated rings. The summed E-state index contributed by atoms with van der Waals surface area (Å²) in [6, 6.07) is 0. The van der Waals surface area contributed by atoms with Crippen molar-refractivity contribution in [1.29, 1.82) is 0 Å². The average Bonchev–Trinajstić information content (AvgIpc) is 1.84. The van der Waals surface area contributed by atoms with Crippen LogP contribution < -0.4 is 0 Å². The average molecular weight is 186 g/mol. The lowest BCUT2D eigenvalue weighted by Gasteiger charge is -2.41. The number of rotatable bonds is 0. The lowest BCUT2D eigenvalue weighted by Crippen LogP contribution is -2.76. The molecule has 58 valence electrons. The van der Waals surface area contributed by atoms with Crippen LogP contribution in [0.5, 0.6) is 0 Å². The van der Waals surface area contributed by atoms with Crippen LogP contribution in [-0.2, 0) is 0 Å². The summed E-state index contributed by atoms with van der Waals surface area (Å²) in [5, 5.41) is 0. The first-order valence-electron chi connectivity index (χ1n) is 2.27. The third-order valence-electron chi connectivity index (χ3n) is 1.22. The summed E-state index contributed by atoms with van der Waals surface area (Å²) in [7, 11) is -9.46. The smallest absolute Gasteiger partial charge is 0.407 e. The van der Waals surface area contributed by atoms with Gasteiger partial charge in [0.1, 0.15) is 0 Å². The van der Waals surface area contributed by atoms with Crippen molar-refractivity contribution in [3.8, 4) is 0 Å². The molecular formula is C2H4F2O4Si2. The zero-order valence-electron chi connectivity index (χ0n) is 4.54. The minimum Gasteiger partial charge on any atom is -0.407 e. The molecule has 2 radical (unpaired) electrons. The van der Waals surface area contributed by atoms with Crippen molar-refractivity contribution in [3.63, 3.8) is 0 Å². The lowest BCUT2D eigenvalue weighted by atomic mass is 11.6. The van der Waals surface area contributed by atoms with Crippen molar-refractivity contribution in [1.82, 2.24) is 0 Å². The van der Waals surface area contributed by atoms with Crippen molar-refractivity contribution in [2.45, 2.75) is 0 Å². The quantitative estimate of drug-likeness (QED) is 0.330. The maximum Gasteiger partial charge on any atom is 0.420 e. The van der Waals surface area contributed by atoms with E-state index < -0.39 is 28.0 Å². The van der Waals surface area contributed by atoms with Crippen LogP contribution in [0.1, 0.15) is 0 Å². The van der Waals surface area contributed by atoms with Crippen LogP contribution in [-0.4, -0.2) is 36.3 Å². The highest BCUT2D eigenvalue weighted by atomic mass is 28.5. The third kappa shape index (κ3) is 0.711. The number of hydrogen-bond acceptors (Lipinski definition) is 4.